The highest BCUT2D eigenvalue weighted by molar-refractivity contribution is 7.89. The number of fused-ring (bicyclic) bond motifs is 3. The van der Waals surface area contributed by atoms with Gasteiger partial charge in [0, 0.05) is 53.8 Å². The summed E-state index contributed by atoms with van der Waals surface area (Å²) in [5.41, 5.74) is 4.41. The number of methoxy groups -OCH3 is 1. The van der Waals surface area contributed by atoms with Gasteiger partial charge in [-0.2, -0.15) is 0 Å². The fourth-order valence-electron chi connectivity index (χ4n) is 4.07. The predicted octanol–water partition coefficient (Wildman–Crippen LogP) is 2.76. The van der Waals surface area contributed by atoms with Crippen LogP contribution in [0, 0.1) is 6.92 Å². The van der Waals surface area contributed by atoms with Gasteiger partial charge in [-0.05, 0) is 42.8 Å². The number of hydrogen-bond acceptors (Lipinski definition) is 5. The van der Waals surface area contributed by atoms with Crippen molar-refractivity contribution in [2.24, 2.45) is 0 Å². The number of aryl methyl sites for hydroxylation is 1. The van der Waals surface area contributed by atoms with Crippen LogP contribution < -0.4 is 4.72 Å². The maximum atomic E-state index is 13.4. The Morgan fingerprint density at radius 2 is 1.97 bits per heavy atom. The minimum Gasteiger partial charge on any atom is -0.465 e. The number of aromatic nitrogens is 1. The Bertz CT molecular complexity index is 1330. The fourth-order valence-corrected chi connectivity index (χ4v) is 5.14. The number of esters is 1. The van der Waals surface area contributed by atoms with Crippen LogP contribution in [0.4, 0.5) is 0 Å². The molecule has 0 bridgehead atoms. The molecule has 9 heteroatoms. The quantitative estimate of drug-likeness (QED) is 0.575. The minimum atomic E-state index is -3.67. The minimum absolute atomic E-state index is 0.0702. The molecule has 32 heavy (non-hydrogen) atoms. The molecule has 0 spiro atoms. The van der Waals surface area contributed by atoms with Crippen molar-refractivity contribution in [3.8, 4) is 0 Å². The van der Waals surface area contributed by atoms with Gasteiger partial charge in [0.2, 0.25) is 10.0 Å². The van der Waals surface area contributed by atoms with Crippen molar-refractivity contribution in [3.05, 3.63) is 64.3 Å². The molecule has 0 aliphatic carbocycles. The molecular formula is C23H25N3O5S. The van der Waals surface area contributed by atoms with Crippen molar-refractivity contribution >= 4 is 32.8 Å². The summed E-state index contributed by atoms with van der Waals surface area (Å²) < 4.78 is 32.1. The maximum Gasteiger partial charge on any atom is 0.337 e. The Labute approximate surface area is 186 Å². The van der Waals surface area contributed by atoms with Crippen LogP contribution in [0.25, 0.3) is 10.9 Å². The molecule has 1 aliphatic rings. The lowest BCUT2D eigenvalue weighted by Crippen LogP contribution is -2.36. The molecule has 0 saturated heterocycles. The lowest BCUT2D eigenvalue weighted by molar-refractivity contribution is 0.0600. The molecule has 0 radical (unpaired) electrons. The van der Waals surface area contributed by atoms with Crippen LogP contribution >= 0.6 is 0 Å². The summed E-state index contributed by atoms with van der Waals surface area (Å²) in [6.07, 6.45) is 0.637. The summed E-state index contributed by atoms with van der Waals surface area (Å²) in [7, 11) is -2.33. The fraction of sp³-hybridized carbons (Fsp3) is 0.304. The zero-order chi connectivity index (χ0) is 23.0. The zero-order valence-corrected chi connectivity index (χ0v) is 19.0. The van der Waals surface area contributed by atoms with Gasteiger partial charge in [0.25, 0.3) is 5.91 Å². The number of H-pyrrole nitrogens is 1. The Hall–Kier alpha value is -3.17. The summed E-state index contributed by atoms with van der Waals surface area (Å²) in [4.78, 5) is 30.5. The highest BCUT2D eigenvalue weighted by Crippen LogP contribution is 2.30. The zero-order valence-electron chi connectivity index (χ0n) is 18.2. The predicted molar refractivity (Wildman–Crippen MR) is 120 cm³/mol. The number of sulfonamides is 1. The standard InChI is InChI=1S/C23H25N3O5S/c1-4-24-32(29,30)16-7-5-14(2)17(12-16)22(27)26-10-9-21-19(13-26)18-11-15(23(28)31-3)6-8-20(18)25-21/h5-8,11-12,24-25H,4,9-10,13H2,1-3H3. The number of benzene rings is 2. The molecule has 0 saturated carbocycles. The van der Waals surface area contributed by atoms with Gasteiger partial charge in [0.05, 0.1) is 17.6 Å². The molecule has 168 valence electrons. The van der Waals surface area contributed by atoms with Gasteiger partial charge in [-0.15, -0.1) is 0 Å². The van der Waals surface area contributed by atoms with E-state index in [9.17, 15) is 18.0 Å². The third-order valence-corrected chi connectivity index (χ3v) is 7.31. The van der Waals surface area contributed by atoms with Crippen molar-refractivity contribution in [2.75, 3.05) is 20.2 Å². The van der Waals surface area contributed by atoms with Crippen LogP contribution in [-0.2, 0) is 27.7 Å². The van der Waals surface area contributed by atoms with E-state index in [0.29, 0.717) is 36.2 Å². The van der Waals surface area contributed by atoms with E-state index in [1.165, 1.54) is 19.2 Å². The van der Waals surface area contributed by atoms with Gasteiger partial charge in [-0.25, -0.2) is 17.9 Å². The van der Waals surface area contributed by atoms with E-state index in [4.69, 9.17) is 4.74 Å². The largest absolute Gasteiger partial charge is 0.465 e. The SMILES string of the molecule is CCNS(=O)(=O)c1ccc(C)c(C(=O)N2CCc3[nH]c4ccc(C(=O)OC)cc4c3C2)c1. The first-order valence-corrected chi connectivity index (χ1v) is 11.8. The van der Waals surface area contributed by atoms with Gasteiger partial charge < -0.3 is 14.6 Å². The van der Waals surface area contributed by atoms with Gasteiger partial charge in [0.1, 0.15) is 0 Å². The van der Waals surface area contributed by atoms with Crippen LogP contribution in [0.15, 0.2) is 41.3 Å². The number of aromatic amines is 1. The monoisotopic (exact) mass is 455 g/mol. The number of hydrogen-bond donors (Lipinski definition) is 2. The number of ether oxygens (including phenoxy) is 1. The van der Waals surface area contributed by atoms with Crippen LogP contribution in [-0.4, -0.2) is 50.4 Å². The molecule has 2 N–H and O–H groups in total. The van der Waals surface area contributed by atoms with E-state index in [1.807, 2.05) is 6.07 Å². The van der Waals surface area contributed by atoms with E-state index >= 15 is 0 Å². The maximum absolute atomic E-state index is 13.4. The molecular weight excluding hydrogens is 430 g/mol. The summed E-state index contributed by atoms with van der Waals surface area (Å²) in [6.45, 7) is 4.63. The highest BCUT2D eigenvalue weighted by atomic mass is 32.2. The number of carbonyl (C=O) groups is 2. The van der Waals surface area contributed by atoms with Crippen molar-refractivity contribution in [2.45, 2.75) is 31.7 Å². The second kappa shape index (κ2) is 8.40. The van der Waals surface area contributed by atoms with Crippen LogP contribution in [0.3, 0.4) is 0 Å². The summed E-state index contributed by atoms with van der Waals surface area (Å²) in [6, 6.07) is 9.92. The second-order valence-electron chi connectivity index (χ2n) is 7.79. The lowest BCUT2D eigenvalue weighted by atomic mass is 10.0. The van der Waals surface area contributed by atoms with Gasteiger partial charge in [-0.3, -0.25) is 4.79 Å². The van der Waals surface area contributed by atoms with Gasteiger partial charge >= 0.3 is 5.97 Å². The molecule has 3 aromatic rings. The Balaban J connectivity index is 1.68. The third-order valence-electron chi connectivity index (χ3n) is 5.77. The van der Waals surface area contributed by atoms with Crippen LogP contribution in [0.2, 0.25) is 0 Å². The van der Waals surface area contributed by atoms with Crippen molar-refractivity contribution in [1.29, 1.82) is 0 Å². The molecule has 0 unspecified atom stereocenters. The first-order chi connectivity index (χ1) is 15.2. The van der Waals surface area contributed by atoms with Crippen LogP contribution in [0.5, 0.6) is 0 Å². The molecule has 0 atom stereocenters. The van der Waals surface area contributed by atoms with E-state index in [-0.39, 0.29) is 17.3 Å². The third kappa shape index (κ3) is 3.89. The second-order valence-corrected chi connectivity index (χ2v) is 9.56. The number of rotatable bonds is 5. The molecule has 2 aromatic carbocycles. The molecule has 8 nitrogen and oxygen atoms in total. The molecule has 2 heterocycles. The smallest absolute Gasteiger partial charge is 0.337 e. The van der Waals surface area contributed by atoms with E-state index < -0.39 is 16.0 Å². The van der Waals surface area contributed by atoms with E-state index in [0.717, 1.165) is 22.2 Å². The Kier molecular flexibility index (Phi) is 5.79. The van der Waals surface area contributed by atoms with Crippen molar-refractivity contribution < 1.29 is 22.7 Å². The Morgan fingerprint density at radius 3 is 2.69 bits per heavy atom. The average molecular weight is 456 g/mol. The van der Waals surface area contributed by atoms with Crippen LogP contribution in [0.1, 0.15) is 44.5 Å². The van der Waals surface area contributed by atoms with E-state index in [1.54, 1.807) is 36.9 Å². The summed E-state index contributed by atoms with van der Waals surface area (Å²) in [5.74, 6) is -0.639. The Morgan fingerprint density at radius 1 is 1.19 bits per heavy atom. The summed E-state index contributed by atoms with van der Waals surface area (Å²) in [5, 5.41) is 0.876. The highest BCUT2D eigenvalue weighted by Gasteiger charge is 2.27. The molecule has 1 aliphatic heterocycles. The van der Waals surface area contributed by atoms with Crippen molar-refractivity contribution in [1.82, 2.24) is 14.6 Å². The van der Waals surface area contributed by atoms with Gasteiger partial charge in [0.15, 0.2) is 0 Å². The molecule has 1 aromatic heterocycles. The topological polar surface area (TPSA) is 109 Å². The molecule has 0 fully saturated rings. The number of amides is 1. The average Bonchev–Trinajstić information content (AvgIpc) is 3.15. The lowest BCUT2D eigenvalue weighted by Gasteiger charge is -2.28. The number of nitrogens with one attached hydrogen (secondary N) is 2. The first-order valence-electron chi connectivity index (χ1n) is 10.4. The number of carbonyl (C=O) groups excluding carboxylic acids is 2. The number of nitrogens with zero attached hydrogens (tertiary/aromatic N) is 1. The van der Waals surface area contributed by atoms with Gasteiger partial charge in [-0.1, -0.05) is 13.0 Å². The summed E-state index contributed by atoms with van der Waals surface area (Å²) >= 11 is 0. The van der Waals surface area contributed by atoms with E-state index in [2.05, 4.69) is 9.71 Å². The first kappa shape index (κ1) is 22.0. The van der Waals surface area contributed by atoms with Crippen molar-refractivity contribution in [3.63, 3.8) is 0 Å². The normalized spacial score (nSPS) is 13.8. The molecule has 1 amide bonds. The molecule has 4 rings (SSSR count).